The van der Waals surface area contributed by atoms with Crippen LogP contribution < -0.4 is 5.32 Å². The van der Waals surface area contributed by atoms with Crippen LogP contribution in [0.3, 0.4) is 0 Å². The molecule has 0 saturated carbocycles. The second kappa shape index (κ2) is 6.55. The molecule has 0 bridgehead atoms. The average Bonchev–Trinajstić information content (AvgIpc) is 2.66. The van der Waals surface area contributed by atoms with Gasteiger partial charge in [-0.15, -0.1) is 0 Å². The van der Waals surface area contributed by atoms with Crippen molar-refractivity contribution in [2.45, 2.75) is 56.8 Å². The maximum atomic E-state index is 5.60. The van der Waals surface area contributed by atoms with Gasteiger partial charge in [0.05, 0.1) is 5.69 Å². The zero-order chi connectivity index (χ0) is 15.6. The van der Waals surface area contributed by atoms with Crippen molar-refractivity contribution in [2.75, 3.05) is 0 Å². The van der Waals surface area contributed by atoms with Gasteiger partial charge < -0.3 is 9.73 Å². The van der Waals surface area contributed by atoms with Gasteiger partial charge in [-0.2, -0.15) is 0 Å². The molecule has 0 spiro atoms. The molecule has 1 aromatic carbocycles. The van der Waals surface area contributed by atoms with Crippen molar-refractivity contribution in [1.82, 2.24) is 10.3 Å². The highest BCUT2D eigenvalue weighted by Gasteiger charge is 2.12. The van der Waals surface area contributed by atoms with Crippen molar-refractivity contribution in [3.63, 3.8) is 0 Å². The summed E-state index contributed by atoms with van der Waals surface area (Å²) >= 11 is 5.18. The molecule has 1 aromatic heterocycles. The van der Waals surface area contributed by atoms with Gasteiger partial charge in [0.2, 0.25) is 0 Å². The third kappa shape index (κ3) is 4.87. The topological polar surface area (TPSA) is 38.1 Å². The second-order valence-electron chi connectivity index (χ2n) is 6.08. The number of nitrogens with zero attached hydrogens (tertiary/aromatic N) is 1. The predicted octanol–water partition coefficient (Wildman–Crippen LogP) is 5.09. The normalized spacial score (nSPS) is 11.9. The number of halogens is 1. The first-order valence-electron chi connectivity index (χ1n) is 6.90. The molecular weight excluding hydrogens is 348 g/mol. The molecule has 0 aliphatic heterocycles. The van der Waals surface area contributed by atoms with Gasteiger partial charge in [-0.25, -0.2) is 4.98 Å². The van der Waals surface area contributed by atoms with Gasteiger partial charge in [0.25, 0.3) is 5.22 Å². The van der Waals surface area contributed by atoms with E-state index in [1.165, 1.54) is 5.56 Å². The summed E-state index contributed by atoms with van der Waals surface area (Å²) in [6.07, 6.45) is 0. The fourth-order valence-electron chi connectivity index (χ4n) is 1.68. The Labute approximate surface area is 139 Å². The second-order valence-corrected chi connectivity index (χ2v) is 7.96. The summed E-state index contributed by atoms with van der Waals surface area (Å²) in [5, 5.41) is 4.18. The van der Waals surface area contributed by atoms with Crippen molar-refractivity contribution in [1.29, 1.82) is 0 Å². The van der Waals surface area contributed by atoms with E-state index in [-0.39, 0.29) is 5.54 Å². The molecule has 0 amide bonds. The highest BCUT2D eigenvalue weighted by molar-refractivity contribution is 9.10. The Balaban J connectivity index is 2.08. The molecule has 0 atom stereocenters. The zero-order valence-corrected chi connectivity index (χ0v) is 15.5. The lowest BCUT2D eigenvalue weighted by Gasteiger charge is -2.21. The number of hydrogen-bond donors (Lipinski definition) is 1. The summed E-state index contributed by atoms with van der Waals surface area (Å²) in [5.74, 6) is 0.877. The number of aromatic nitrogens is 1. The summed E-state index contributed by atoms with van der Waals surface area (Å²) in [5.41, 5.74) is 2.30. The van der Waals surface area contributed by atoms with E-state index >= 15 is 0 Å². The Morgan fingerprint density at radius 1 is 1.29 bits per heavy atom. The first kappa shape index (κ1) is 16.6. The van der Waals surface area contributed by atoms with E-state index in [0.29, 0.717) is 5.22 Å². The lowest BCUT2D eigenvalue weighted by molar-refractivity contribution is 0.424. The first-order valence-corrected chi connectivity index (χ1v) is 8.51. The van der Waals surface area contributed by atoms with Crippen molar-refractivity contribution in [2.24, 2.45) is 0 Å². The fraction of sp³-hybridized carbons (Fsp3) is 0.438. The van der Waals surface area contributed by atoms with Gasteiger partial charge in [0.15, 0.2) is 0 Å². The van der Waals surface area contributed by atoms with Crippen molar-refractivity contribution in [3.8, 4) is 0 Å². The SMILES string of the molecule is Cc1nc(Sc2ccc(CNC(C)(C)C)c(Br)c2)oc1C. The van der Waals surface area contributed by atoms with E-state index in [2.05, 4.69) is 65.2 Å². The molecule has 5 heteroatoms. The zero-order valence-electron chi connectivity index (χ0n) is 13.1. The maximum absolute atomic E-state index is 5.60. The van der Waals surface area contributed by atoms with Crippen LogP contribution in [0.15, 0.2) is 37.2 Å². The summed E-state index contributed by atoms with van der Waals surface area (Å²) in [6, 6.07) is 6.34. The molecule has 2 rings (SSSR count). The Morgan fingerprint density at radius 2 is 2.00 bits per heavy atom. The first-order chi connectivity index (χ1) is 9.74. The monoisotopic (exact) mass is 368 g/mol. The number of aryl methyl sites for hydroxylation is 2. The van der Waals surface area contributed by atoms with E-state index in [0.717, 1.165) is 27.4 Å². The van der Waals surface area contributed by atoms with E-state index in [1.807, 2.05) is 13.8 Å². The Bertz CT molecular complexity index is 612. The fourth-order valence-corrected chi connectivity index (χ4v) is 3.22. The molecule has 0 saturated heterocycles. The summed E-state index contributed by atoms with van der Waals surface area (Å²) in [6.45, 7) is 11.2. The van der Waals surface area contributed by atoms with Gasteiger partial charge in [0, 0.05) is 21.5 Å². The molecule has 0 fully saturated rings. The summed E-state index contributed by atoms with van der Waals surface area (Å²) in [4.78, 5) is 5.51. The summed E-state index contributed by atoms with van der Waals surface area (Å²) < 4.78 is 6.71. The van der Waals surface area contributed by atoms with Crippen LogP contribution in [0, 0.1) is 13.8 Å². The predicted molar refractivity (Wildman–Crippen MR) is 90.8 cm³/mol. The number of rotatable bonds is 4. The molecule has 0 unspecified atom stereocenters. The minimum atomic E-state index is 0.111. The van der Waals surface area contributed by atoms with Crippen LogP contribution >= 0.6 is 27.7 Å². The van der Waals surface area contributed by atoms with Crippen LogP contribution in [0.1, 0.15) is 37.8 Å². The Kier molecular flexibility index (Phi) is 5.17. The lowest BCUT2D eigenvalue weighted by Crippen LogP contribution is -2.35. The van der Waals surface area contributed by atoms with Crippen molar-refractivity contribution < 1.29 is 4.42 Å². The molecule has 2 aromatic rings. The van der Waals surface area contributed by atoms with Crippen LogP contribution in [0.25, 0.3) is 0 Å². The Morgan fingerprint density at radius 3 is 2.52 bits per heavy atom. The molecule has 1 heterocycles. The highest BCUT2D eigenvalue weighted by atomic mass is 79.9. The molecule has 0 radical (unpaired) electrons. The molecule has 3 nitrogen and oxygen atoms in total. The third-order valence-electron chi connectivity index (χ3n) is 3.05. The standard InChI is InChI=1S/C16H21BrN2OS/c1-10-11(2)20-15(19-10)21-13-7-6-12(14(17)8-13)9-18-16(3,4)5/h6-8,18H,9H2,1-5H3. The largest absolute Gasteiger partial charge is 0.436 e. The van der Waals surface area contributed by atoms with Crippen LogP contribution in [-0.4, -0.2) is 10.5 Å². The van der Waals surface area contributed by atoms with Crippen molar-refractivity contribution >= 4 is 27.7 Å². The van der Waals surface area contributed by atoms with Crippen LogP contribution in [0.4, 0.5) is 0 Å². The van der Waals surface area contributed by atoms with Crippen molar-refractivity contribution in [3.05, 3.63) is 39.7 Å². The number of hydrogen-bond acceptors (Lipinski definition) is 4. The van der Waals surface area contributed by atoms with E-state index in [1.54, 1.807) is 11.8 Å². The van der Waals surface area contributed by atoms with Crippen LogP contribution in [0.5, 0.6) is 0 Å². The third-order valence-corrected chi connectivity index (χ3v) is 4.62. The molecule has 1 N–H and O–H groups in total. The average molecular weight is 369 g/mol. The molecule has 0 aliphatic carbocycles. The molecule has 114 valence electrons. The van der Waals surface area contributed by atoms with E-state index in [9.17, 15) is 0 Å². The maximum Gasteiger partial charge on any atom is 0.260 e. The van der Waals surface area contributed by atoms with Gasteiger partial charge in [-0.05, 0) is 64.1 Å². The number of benzene rings is 1. The Hall–Kier alpha value is -0.780. The van der Waals surface area contributed by atoms with Gasteiger partial charge in [-0.1, -0.05) is 22.0 Å². The van der Waals surface area contributed by atoms with E-state index in [4.69, 9.17) is 4.42 Å². The molecular formula is C16H21BrN2OS. The molecule has 0 aliphatic rings. The van der Waals surface area contributed by atoms with E-state index < -0.39 is 0 Å². The quantitative estimate of drug-likeness (QED) is 0.814. The minimum Gasteiger partial charge on any atom is -0.436 e. The van der Waals surface area contributed by atoms with Gasteiger partial charge in [-0.3, -0.25) is 0 Å². The number of oxazole rings is 1. The summed E-state index contributed by atoms with van der Waals surface area (Å²) in [7, 11) is 0. The highest BCUT2D eigenvalue weighted by Crippen LogP contribution is 2.31. The molecule has 21 heavy (non-hydrogen) atoms. The smallest absolute Gasteiger partial charge is 0.260 e. The van der Waals surface area contributed by atoms with Crippen LogP contribution in [0.2, 0.25) is 0 Å². The minimum absolute atomic E-state index is 0.111. The van der Waals surface area contributed by atoms with Gasteiger partial charge >= 0.3 is 0 Å². The van der Waals surface area contributed by atoms with Crippen LogP contribution in [-0.2, 0) is 6.54 Å². The van der Waals surface area contributed by atoms with Gasteiger partial charge in [0.1, 0.15) is 5.76 Å². The lowest BCUT2D eigenvalue weighted by atomic mass is 10.1. The number of nitrogens with one attached hydrogen (secondary N) is 1.